The van der Waals surface area contributed by atoms with Crippen LogP contribution in [0.5, 0.6) is 0 Å². The highest BCUT2D eigenvalue weighted by Gasteiger charge is 2.14. The molecule has 0 aliphatic carbocycles. The van der Waals surface area contributed by atoms with Crippen molar-refractivity contribution >= 4 is 46.6 Å². The van der Waals surface area contributed by atoms with Crippen LogP contribution in [0.4, 0.5) is 5.69 Å². The minimum atomic E-state index is -0.516. The lowest BCUT2D eigenvalue weighted by Crippen LogP contribution is -2.40. The minimum absolute atomic E-state index is 0.182. The number of nitrogens with one attached hydrogen (secondary N) is 3. The van der Waals surface area contributed by atoms with E-state index in [-0.39, 0.29) is 23.7 Å². The number of nitrogens with zero attached hydrogens (tertiary/aromatic N) is 2. The predicted molar refractivity (Wildman–Crippen MR) is 103 cm³/mol. The number of aryl methyl sites for hydroxylation is 2. The fourth-order valence-corrected chi connectivity index (χ4v) is 2.80. The molecule has 0 saturated heterocycles. The van der Waals surface area contributed by atoms with E-state index in [9.17, 15) is 14.4 Å². The van der Waals surface area contributed by atoms with Crippen molar-refractivity contribution in [3.05, 3.63) is 45.2 Å². The number of carbonyl (C=O) groups excluding carboxylic acids is 3. The van der Waals surface area contributed by atoms with Gasteiger partial charge in [0.1, 0.15) is 0 Å². The quantitative estimate of drug-likeness (QED) is 0.673. The van der Waals surface area contributed by atoms with E-state index in [4.69, 9.17) is 23.2 Å². The zero-order chi connectivity index (χ0) is 20.1. The van der Waals surface area contributed by atoms with Gasteiger partial charge in [0.15, 0.2) is 0 Å². The zero-order valence-electron chi connectivity index (χ0n) is 15.0. The number of amides is 3. The van der Waals surface area contributed by atoms with Crippen LogP contribution in [0, 0.1) is 13.8 Å². The van der Waals surface area contributed by atoms with Gasteiger partial charge in [-0.15, -0.1) is 0 Å². The largest absolute Gasteiger partial charge is 0.345 e. The van der Waals surface area contributed by atoms with E-state index in [1.807, 2.05) is 6.92 Å². The van der Waals surface area contributed by atoms with E-state index in [1.165, 1.54) is 18.2 Å². The highest BCUT2D eigenvalue weighted by Crippen LogP contribution is 2.20. The van der Waals surface area contributed by atoms with Crippen molar-refractivity contribution in [2.75, 3.05) is 18.4 Å². The number of halogens is 2. The van der Waals surface area contributed by atoms with Gasteiger partial charge in [0.25, 0.3) is 5.91 Å². The number of carbonyl (C=O) groups is 3. The van der Waals surface area contributed by atoms with Crippen molar-refractivity contribution in [1.82, 2.24) is 20.4 Å². The van der Waals surface area contributed by atoms with E-state index in [0.717, 1.165) is 5.69 Å². The Balaban J connectivity index is 1.80. The molecule has 1 aromatic heterocycles. The summed E-state index contributed by atoms with van der Waals surface area (Å²) in [6, 6.07) is 4.42. The molecular weight excluding hydrogens is 393 g/mol. The molecular formula is C17H19Cl2N5O3. The maximum absolute atomic E-state index is 12.0. The van der Waals surface area contributed by atoms with Crippen molar-refractivity contribution in [1.29, 1.82) is 0 Å². The fraction of sp³-hybridized carbons (Fsp3) is 0.294. The first-order valence-electron chi connectivity index (χ1n) is 7.99. The van der Waals surface area contributed by atoms with Gasteiger partial charge in [-0.1, -0.05) is 23.2 Å². The Labute approximate surface area is 166 Å². The van der Waals surface area contributed by atoms with Crippen LogP contribution in [0.2, 0.25) is 10.0 Å². The summed E-state index contributed by atoms with van der Waals surface area (Å²) in [6.45, 7) is 3.07. The maximum Gasteiger partial charge on any atom is 0.253 e. The van der Waals surface area contributed by atoms with Crippen molar-refractivity contribution < 1.29 is 14.4 Å². The summed E-state index contributed by atoms with van der Waals surface area (Å²) in [4.78, 5) is 35.9. The molecule has 27 heavy (non-hydrogen) atoms. The van der Waals surface area contributed by atoms with E-state index >= 15 is 0 Å². The Kier molecular flexibility index (Phi) is 6.81. The Morgan fingerprint density at radius 1 is 1.07 bits per heavy atom. The number of rotatable bonds is 6. The monoisotopic (exact) mass is 411 g/mol. The SMILES string of the molecule is Cc1nn(C)c(C)c1NC(=O)CNC(=O)CNC(=O)c1ccc(Cl)cc1Cl. The predicted octanol–water partition coefficient (Wildman–Crippen LogP) is 1.83. The Bertz CT molecular complexity index is 895. The minimum Gasteiger partial charge on any atom is -0.345 e. The molecule has 2 aromatic rings. The van der Waals surface area contributed by atoms with Crippen LogP contribution in [-0.4, -0.2) is 40.6 Å². The summed E-state index contributed by atoms with van der Waals surface area (Å²) in [5, 5.41) is 12.3. The third-order valence-corrected chi connectivity index (χ3v) is 4.35. The first-order valence-corrected chi connectivity index (χ1v) is 8.74. The number of aromatic nitrogens is 2. The molecule has 0 fully saturated rings. The average molecular weight is 412 g/mol. The van der Waals surface area contributed by atoms with Gasteiger partial charge in [-0.3, -0.25) is 19.1 Å². The summed E-state index contributed by atoms with van der Waals surface area (Å²) in [6.07, 6.45) is 0. The molecule has 10 heteroatoms. The molecule has 2 rings (SSSR count). The lowest BCUT2D eigenvalue weighted by Gasteiger charge is -2.09. The highest BCUT2D eigenvalue weighted by atomic mass is 35.5. The Morgan fingerprint density at radius 3 is 2.33 bits per heavy atom. The molecule has 144 valence electrons. The van der Waals surface area contributed by atoms with Gasteiger partial charge in [-0.25, -0.2) is 0 Å². The number of benzene rings is 1. The fourth-order valence-electron chi connectivity index (χ4n) is 2.31. The van der Waals surface area contributed by atoms with E-state index in [0.29, 0.717) is 16.4 Å². The average Bonchev–Trinajstić information content (AvgIpc) is 2.84. The zero-order valence-corrected chi connectivity index (χ0v) is 16.5. The summed E-state index contributed by atoms with van der Waals surface area (Å²) in [7, 11) is 1.77. The first kappa shape index (κ1) is 20.7. The topological polar surface area (TPSA) is 105 Å². The van der Waals surface area contributed by atoms with Crippen LogP contribution in [-0.2, 0) is 16.6 Å². The van der Waals surface area contributed by atoms with Crippen LogP contribution in [0.25, 0.3) is 0 Å². The van der Waals surface area contributed by atoms with Crippen molar-refractivity contribution in [3.8, 4) is 0 Å². The molecule has 0 aliphatic heterocycles. The summed E-state index contributed by atoms with van der Waals surface area (Å²) in [5.41, 5.74) is 2.30. The first-order chi connectivity index (χ1) is 12.7. The Hall–Kier alpha value is -2.58. The van der Waals surface area contributed by atoms with Gasteiger partial charge >= 0.3 is 0 Å². The van der Waals surface area contributed by atoms with Gasteiger partial charge in [0, 0.05) is 12.1 Å². The highest BCUT2D eigenvalue weighted by molar-refractivity contribution is 6.36. The van der Waals surface area contributed by atoms with Gasteiger partial charge in [0.2, 0.25) is 11.8 Å². The molecule has 0 bridgehead atoms. The molecule has 0 aliphatic rings. The molecule has 0 spiro atoms. The second-order valence-electron chi connectivity index (χ2n) is 5.80. The molecule has 0 atom stereocenters. The third kappa shape index (κ3) is 5.45. The lowest BCUT2D eigenvalue weighted by atomic mass is 10.2. The molecule has 0 radical (unpaired) electrons. The van der Waals surface area contributed by atoms with Crippen molar-refractivity contribution in [2.24, 2.45) is 7.05 Å². The molecule has 0 unspecified atom stereocenters. The number of hydrogen-bond acceptors (Lipinski definition) is 4. The van der Waals surface area contributed by atoms with E-state index in [2.05, 4.69) is 21.0 Å². The van der Waals surface area contributed by atoms with Crippen LogP contribution in [0.15, 0.2) is 18.2 Å². The van der Waals surface area contributed by atoms with E-state index in [1.54, 1.807) is 18.7 Å². The van der Waals surface area contributed by atoms with Crippen molar-refractivity contribution in [3.63, 3.8) is 0 Å². The van der Waals surface area contributed by atoms with Gasteiger partial charge < -0.3 is 16.0 Å². The molecule has 1 heterocycles. The molecule has 3 N–H and O–H groups in total. The molecule has 0 saturated carbocycles. The standard InChI is InChI=1S/C17H19Cl2N5O3/c1-9-16(10(2)24(3)23-9)22-15(26)8-20-14(25)7-21-17(27)12-5-4-11(18)6-13(12)19/h4-6H,7-8H2,1-3H3,(H,20,25)(H,21,27)(H,22,26). The summed E-state index contributed by atoms with van der Waals surface area (Å²) < 4.78 is 1.65. The van der Waals surface area contributed by atoms with Crippen LogP contribution in [0.3, 0.4) is 0 Å². The van der Waals surface area contributed by atoms with Gasteiger partial charge in [0.05, 0.1) is 40.8 Å². The second kappa shape index (κ2) is 8.88. The number of hydrogen-bond donors (Lipinski definition) is 3. The van der Waals surface area contributed by atoms with Gasteiger partial charge in [-0.05, 0) is 32.0 Å². The third-order valence-electron chi connectivity index (χ3n) is 3.80. The van der Waals surface area contributed by atoms with Crippen LogP contribution in [0.1, 0.15) is 21.7 Å². The number of anilines is 1. The van der Waals surface area contributed by atoms with Crippen molar-refractivity contribution in [2.45, 2.75) is 13.8 Å². The summed E-state index contributed by atoms with van der Waals surface area (Å²) in [5.74, 6) is -1.42. The second-order valence-corrected chi connectivity index (χ2v) is 6.64. The smallest absolute Gasteiger partial charge is 0.253 e. The van der Waals surface area contributed by atoms with Gasteiger partial charge in [-0.2, -0.15) is 5.10 Å². The normalized spacial score (nSPS) is 10.4. The van der Waals surface area contributed by atoms with Crippen LogP contribution < -0.4 is 16.0 Å². The summed E-state index contributed by atoms with van der Waals surface area (Å²) >= 11 is 11.7. The maximum atomic E-state index is 12.0. The lowest BCUT2D eigenvalue weighted by molar-refractivity contribution is -0.123. The Morgan fingerprint density at radius 2 is 1.74 bits per heavy atom. The molecule has 1 aromatic carbocycles. The van der Waals surface area contributed by atoms with E-state index < -0.39 is 17.7 Å². The molecule has 8 nitrogen and oxygen atoms in total. The molecule has 3 amide bonds. The van der Waals surface area contributed by atoms with Crippen LogP contribution >= 0.6 is 23.2 Å².